The Kier molecular flexibility index (Phi) is 6.64. The van der Waals surface area contributed by atoms with Crippen LogP contribution >= 0.6 is 46.4 Å². The summed E-state index contributed by atoms with van der Waals surface area (Å²) in [5.74, 6) is -0.586. The highest BCUT2D eigenvalue weighted by Crippen LogP contribution is 2.22. The molecule has 2 aromatic rings. The third kappa shape index (κ3) is 4.96. The van der Waals surface area contributed by atoms with Gasteiger partial charge in [0.15, 0.2) is 11.6 Å². The Morgan fingerprint density at radius 1 is 0.667 bits per heavy atom. The fraction of sp³-hybridized carbons (Fsp3) is 0. The summed E-state index contributed by atoms with van der Waals surface area (Å²) in [4.78, 5) is 24.0. The average molecular weight is 400 g/mol. The molecule has 0 heterocycles. The molecule has 0 saturated carbocycles. The number of hydrogen-bond donors (Lipinski definition) is 0. The van der Waals surface area contributed by atoms with E-state index < -0.39 is 0 Å². The van der Waals surface area contributed by atoms with Crippen molar-refractivity contribution in [1.82, 2.24) is 0 Å². The van der Waals surface area contributed by atoms with Crippen LogP contribution in [-0.2, 0) is 0 Å². The molecule has 0 amide bonds. The molecule has 0 aliphatic heterocycles. The van der Waals surface area contributed by atoms with Crippen LogP contribution in [0.25, 0.3) is 0 Å². The minimum atomic E-state index is -0.293. The molecule has 0 saturated heterocycles. The predicted octanol–water partition coefficient (Wildman–Crippen LogP) is 6.48. The summed E-state index contributed by atoms with van der Waals surface area (Å²) in [6.07, 6.45) is 5.52. The maximum Gasteiger partial charge on any atom is 0.187 e. The Morgan fingerprint density at radius 3 is 1.38 bits per heavy atom. The molecule has 0 bridgehead atoms. The summed E-state index contributed by atoms with van der Waals surface area (Å²) in [6.45, 7) is 0. The van der Waals surface area contributed by atoms with Gasteiger partial charge in [0.2, 0.25) is 0 Å². The summed E-state index contributed by atoms with van der Waals surface area (Å²) in [5.41, 5.74) is 0.663. The molecule has 24 heavy (non-hydrogen) atoms. The van der Waals surface area contributed by atoms with Crippen molar-refractivity contribution < 1.29 is 9.59 Å². The molecule has 2 nitrogen and oxygen atoms in total. The van der Waals surface area contributed by atoms with Crippen LogP contribution in [0.2, 0.25) is 20.1 Å². The lowest BCUT2D eigenvalue weighted by atomic mass is 10.1. The lowest BCUT2D eigenvalue weighted by Crippen LogP contribution is -1.96. The SMILES string of the molecule is O=C(/C=C/C=C/C(=O)c1ccc(Cl)cc1Cl)c1ccc(Cl)cc1Cl. The first kappa shape index (κ1) is 18.8. The molecule has 2 rings (SSSR count). The highest BCUT2D eigenvalue weighted by molar-refractivity contribution is 6.38. The summed E-state index contributed by atoms with van der Waals surface area (Å²) in [5, 5.41) is 1.44. The van der Waals surface area contributed by atoms with E-state index in [1.807, 2.05) is 0 Å². The number of hydrogen-bond acceptors (Lipinski definition) is 2. The van der Waals surface area contributed by atoms with Gasteiger partial charge in [0.25, 0.3) is 0 Å². The average Bonchev–Trinajstić information content (AvgIpc) is 2.51. The highest BCUT2D eigenvalue weighted by atomic mass is 35.5. The molecule has 0 aliphatic carbocycles. The van der Waals surface area contributed by atoms with Crippen LogP contribution < -0.4 is 0 Å². The van der Waals surface area contributed by atoms with Gasteiger partial charge in [-0.25, -0.2) is 0 Å². The van der Waals surface area contributed by atoms with Gasteiger partial charge in [-0.1, -0.05) is 58.6 Å². The quantitative estimate of drug-likeness (QED) is 0.327. The Hall–Kier alpha value is -1.58. The van der Waals surface area contributed by atoms with Gasteiger partial charge < -0.3 is 0 Å². The number of ketones is 2. The number of benzene rings is 2. The van der Waals surface area contributed by atoms with Crippen molar-refractivity contribution in [2.24, 2.45) is 0 Å². The Morgan fingerprint density at radius 2 is 1.04 bits per heavy atom. The summed E-state index contributed by atoms with van der Waals surface area (Å²) >= 11 is 23.5. The van der Waals surface area contributed by atoms with E-state index in [1.54, 1.807) is 24.3 Å². The second kappa shape index (κ2) is 8.50. The minimum Gasteiger partial charge on any atom is -0.289 e. The van der Waals surface area contributed by atoms with Crippen LogP contribution in [0, 0.1) is 0 Å². The number of halogens is 4. The number of carbonyl (C=O) groups excluding carboxylic acids is 2. The summed E-state index contributed by atoms with van der Waals surface area (Å²) in [7, 11) is 0. The number of carbonyl (C=O) groups is 2. The van der Waals surface area contributed by atoms with E-state index >= 15 is 0 Å². The molecule has 0 spiro atoms. The maximum atomic E-state index is 12.0. The second-order valence-electron chi connectivity index (χ2n) is 4.70. The van der Waals surface area contributed by atoms with E-state index in [9.17, 15) is 9.59 Å². The molecule has 0 radical (unpaired) electrons. The Balaban J connectivity index is 2.06. The van der Waals surface area contributed by atoms with Crippen LogP contribution in [0.1, 0.15) is 20.7 Å². The van der Waals surface area contributed by atoms with Gasteiger partial charge in [0.1, 0.15) is 0 Å². The molecule has 0 N–H and O–H groups in total. The van der Waals surface area contributed by atoms with E-state index in [2.05, 4.69) is 0 Å². The lowest BCUT2D eigenvalue weighted by Gasteiger charge is -2.00. The standard InChI is InChI=1S/C18H10Cl4O2/c19-11-5-7-13(15(21)9-11)17(23)3-1-2-4-18(24)14-8-6-12(20)10-16(14)22/h1-10H/b3-1+,4-2+. The van der Waals surface area contributed by atoms with Gasteiger partial charge in [-0.3, -0.25) is 9.59 Å². The van der Waals surface area contributed by atoms with Crippen molar-refractivity contribution >= 4 is 58.0 Å². The van der Waals surface area contributed by atoms with Gasteiger partial charge in [0, 0.05) is 21.2 Å². The van der Waals surface area contributed by atoms with Crippen LogP contribution in [0.15, 0.2) is 60.7 Å². The Bertz CT molecular complexity index is 783. The van der Waals surface area contributed by atoms with E-state index in [0.29, 0.717) is 21.2 Å². The topological polar surface area (TPSA) is 34.1 Å². The third-order valence-corrected chi connectivity index (χ3v) is 4.10. The molecule has 0 aromatic heterocycles. The molecule has 0 unspecified atom stereocenters. The predicted molar refractivity (Wildman–Crippen MR) is 99.9 cm³/mol. The van der Waals surface area contributed by atoms with Crippen LogP contribution in [-0.4, -0.2) is 11.6 Å². The molecule has 122 valence electrons. The third-order valence-electron chi connectivity index (χ3n) is 3.00. The molecule has 2 aromatic carbocycles. The normalized spacial score (nSPS) is 11.3. The van der Waals surface area contributed by atoms with Gasteiger partial charge in [-0.05, 0) is 48.6 Å². The first-order chi connectivity index (χ1) is 11.4. The zero-order valence-electron chi connectivity index (χ0n) is 12.1. The molecule has 6 heteroatoms. The van der Waals surface area contributed by atoms with Crippen LogP contribution in [0.5, 0.6) is 0 Å². The van der Waals surface area contributed by atoms with Gasteiger partial charge in [-0.15, -0.1) is 0 Å². The molecule has 0 aliphatic rings. The van der Waals surface area contributed by atoms with Crippen molar-refractivity contribution in [3.8, 4) is 0 Å². The first-order valence-electron chi connectivity index (χ1n) is 6.72. The lowest BCUT2D eigenvalue weighted by molar-refractivity contribution is 0.103. The molecule has 0 fully saturated rings. The summed E-state index contributed by atoms with van der Waals surface area (Å²) < 4.78 is 0. The molecular formula is C18H10Cl4O2. The fourth-order valence-corrected chi connectivity index (χ4v) is 2.85. The number of rotatable bonds is 5. The van der Waals surface area contributed by atoms with Crippen molar-refractivity contribution in [1.29, 1.82) is 0 Å². The van der Waals surface area contributed by atoms with Gasteiger partial charge in [0.05, 0.1) is 10.0 Å². The second-order valence-corrected chi connectivity index (χ2v) is 6.38. The van der Waals surface area contributed by atoms with E-state index in [0.717, 1.165) is 0 Å². The zero-order valence-corrected chi connectivity index (χ0v) is 15.1. The van der Waals surface area contributed by atoms with E-state index in [-0.39, 0.29) is 21.6 Å². The van der Waals surface area contributed by atoms with Crippen molar-refractivity contribution in [3.63, 3.8) is 0 Å². The van der Waals surface area contributed by atoms with Crippen molar-refractivity contribution in [3.05, 3.63) is 91.9 Å². The molecule has 0 atom stereocenters. The minimum absolute atomic E-state index is 0.269. The largest absolute Gasteiger partial charge is 0.289 e. The van der Waals surface area contributed by atoms with Crippen molar-refractivity contribution in [2.75, 3.05) is 0 Å². The van der Waals surface area contributed by atoms with Gasteiger partial charge in [-0.2, -0.15) is 0 Å². The fourth-order valence-electron chi connectivity index (χ4n) is 1.84. The van der Waals surface area contributed by atoms with Gasteiger partial charge >= 0.3 is 0 Å². The number of allylic oxidation sites excluding steroid dienone is 4. The van der Waals surface area contributed by atoms with Crippen molar-refractivity contribution in [2.45, 2.75) is 0 Å². The highest BCUT2D eigenvalue weighted by Gasteiger charge is 2.08. The van der Waals surface area contributed by atoms with E-state index in [4.69, 9.17) is 46.4 Å². The smallest absolute Gasteiger partial charge is 0.187 e. The Labute approximate surface area is 159 Å². The molecular weight excluding hydrogens is 390 g/mol. The zero-order chi connectivity index (χ0) is 17.7. The van der Waals surface area contributed by atoms with Crippen LogP contribution in [0.4, 0.5) is 0 Å². The van der Waals surface area contributed by atoms with Crippen LogP contribution in [0.3, 0.4) is 0 Å². The van der Waals surface area contributed by atoms with E-state index in [1.165, 1.54) is 36.4 Å². The monoisotopic (exact) mass is 398 g/mol. The summed E-state index contributed by atoms with van der Waals surface area (Å²) in [6, 6.07) is 9.23. The maximum absolute atomic E-state index is 12.0. The first-order valence-corrected chi connectivity index (χ1v) is 8.23.